The van der Waals surface area contributed by atoms with Gasteiger partial charge in [0.2, 0.25) is 35.4 Å². The van der Waals surface area contributed by atoms with Crippen molar-refractivity contribution in [2.24, 2.45) is 23.2 Å². The minimum absolute atomic E-state index is 0.0201. The topological polar surface area (TPSA) is 549 Å². The number of esters is 9. The van der Waals surface area contributed by atoms with Gasteiger partial charge in [-0.25, -0.2) is 0 Å². The van der Waals surface area contributed by atoms with E-state index in [0.717, 1.165) is 0 Å². The highest BCUT2D eigenvalue weighted by Crippen LogP contribution is 2.36. The number of unbranched alkanes of at least 4 members (excludes halogenated alkanes) is 3. The Hall–Kier alpha value is -9.17. The van der Waals surface area contributed by atoms with E-state index in [1.807, 2.05) is 0 Å². The van der Waals surface area contributed by atoms with E-state index in [9.17, 15) is 86.6 Å². The average molecular weight is 1780 g/mol. The lowest BCUT2D eigenvalue weighted by atomic mass is 9.84. The van der Waals surface area contributed by atoms with Crippen LogP contribution in [0.25, 0.3) is 0 Å². The van der Waals surface area contributed by atoms with Gasteiger partial charge in [0.1, 0.15) is 62.2 Å². The summed E-state index contributed by atoms with van der Waals surface area (Å²) >= 11 is 0. The van der Waals surface area contributed by atoms with Crippen molar-refractivity contribution in [2.45, 2.75) is 279 Å². The number of ether oxygens (including phenoxy) is 18. The molecule has 0 unspecified atom stereocenters. The molecule has 42 nitrogen and oxygen atoms in total. The van der Waals surface area contributed by atoms with Crippen molar-refractivity contribution in [1.29, 1.82) is 0 Å². The van der Waals surface area contributed by atoms with E-state index >= 15 is 0 Å². The van der Waals surface area contributed by atoms with Crippen molar-refractivity contribution in [1.82, 2.24) is 31.9 Å². The molecule has 3 rings (SSSR count). The van der Waals surface area contributed by atoms with Crippen molar-refractivity contribution in [3.8, 4) is 0 Å². The maximum absolute atomic E-state index is 13.7. The van der Waals surface area contributed by atoms with E-state index in [-0.39, 0.29) is 206 Å². The molecule has 3 heterocycles. The summed E-state index contributed by atoms with van der Waals surface area (Å²) in [6.07, 6.45) is -9.08. The van der Waals surface area contributed by atoms with Gasteiger partial charge in [0, 0.05) is 202 Å². The lowest BCUT2D eigenvalue weighted by molar-refractivity contribution is -0.288. The molecule has 0 radical (unpaired) electrons. The molecule has 6 amide bonds. The molecule has 0 aliphatic carbocycles. The first-order valence-corrected chi connectivity index (χ1v) is 42.2. The third-order valence-corrected chi connectivity index (χ3v) is 19.3. The summed E-state index contributed by atoms with van der Waals surface area (Å²) in [7, 11) is 0. The minimum atomic E-state index is -1.29. The van der Waals surface area contributed by atoms with Gasteiger partial charge in [0.25, 0.3) is 0 Å². The predicted molar refractivity (Wildman–Crippen MR) is 428 cm³/mol. The predicted octanol–water partition coefficient (Wildman–Crippen LogP) is 2.20. The molecule has 0 aromatic heterocycles. The summed E-state index contributed by atoms with van der Waals surface area (Å²) in [5, 5.41) is 26.1. The summed E-state index contributed by atoms with van der Waals surface area (Å²) in [4.78, 5) is 210. The summed E-state index contributed by atoms with van der Waals surface area (Å²) in [6.45, 7) is 15.4. The minimum Gasteiger partial charge on any atom is -0.481 e. The zero-order chi connectivity index (χ0) is 92.1. The molecule has 42 heteroatoms. The highest BCUT2D eigenvalue weighted by molar-refractivity contribution is 5.81. The van der Waals surface area contributed by atoms with Gasteiger partial charge in [0.05, 0.1) is 39.6 Å². The number of carboxylic acids is 1. The lowest BCUT2D eigenvalue weighted by Crippen LogP contribution is -2.58. The fraction of sp³-hybridized carbons (Fsp3) is 0.793. The van der Waals surface area contributed by atoms with Gasteiger partial charge in [-0.3, -0.25) is 81.5 Å². The van der Waals surface area contributed by atoms with E-state index in [0.29, 0.717) is 57.8 Å². The van der Waals surface area contributed by atoms with E-state index < -0.39 is 174 Å². The molecule has 7 N–H and O–H groups in total. The van der Waals surface area contributed by atoms with Crippen LogP contribution in [-0.4, -0.2) is 298 Å². The number of hydrogen-bond donors (Lipinski definition) is 7. The quantitative estimate of drug-likeness (QED) is 0.0261. The van der Waals surface area contributed by atoms with Crippen molar-refractivity contribution in [2.75, 3.05) is 119 Å². The average Bonchev–Trinajstić information content (AvgIpc) is 0.803. The molecule has 124 heavy (non-hydrogen) atoms. The molecular weight excluding hydrogens is 1640 g/mol. The Labute approximate surface area is 722 Å². The Morgan fingerprint density at radius 3 is 0.782 bits per heavy atom. The van der Waals surface area contributed by atoms with Crippen molar-refractivity contribution in [3.05, 3.63) is 0 Å². The smallest absolute Gasteiger partial charge is 0.303 e. The number of amides is 6. The van der Waals surface area contributed by atoms with Crippen LogP contribution in [0.5, 0.6) is 0 Å². The van der Waals surface area contributed by atoms with Crippen LogP contribution >= 0.6 is 0 Å². The Morgan fingerprint density at radius 2 is 0.540 bits per heavy atom. The second-order valence-corrected chi connectivity index (χ2v) is 30.6. The van der Waals surface area contributed by atoms with Crippen LogP contribution < -0.4 is 31.9 Å². The molecule has 706 valence electrons. The Morgan fingerprint density at radius 1 is 0.290 bits per heavy atom. The molecule has 0 aromatic rings. The number of aliphatic carboxylic acids is 1. The Kier molecular flexibility index (Phi) is 53.8. The molecule has 3 fully saturated rings. The number of carboxylic acid groups (broad SMARTS) is 1. The van der Waals surface area contributed by atoms with Gasteiger partial charge in [0.15, 0.2) is 37.2 Å². The molecule has 0 bridgehead atoms. The molecule has 3 aliphatic rings. The molecule has 0 aromatic carbocycles. The van der Waals surface area contributed by atoms with Crippen LogP contribution in [0.3, 0.4) is 0 Å². The summed E-state index contributed by atoms with van der Waals surface area (Å²) in [5.74, 6) is -11.0. The largest absolute Gasteiger partial charge is 0.481 e. The van der Waals surface area contributed by atoms with Gasteiger partial charge in [-0.1, -0.05) is 20.8 Å². The summed E-state index contributed by atoms with van der Waals surface area (Å²) < 4.78 is 102. The zero-order valence-corrected chi connectivity index (χ0v) is 73.6. The second kappa shape index (κ2) is 61.2. The van der Waals surface area contributed by atoms with Crippen LogP contribution in [0.2, 0.25) is 0 Å². The molecular formula is C82H132N6O36. The van der Waals surface area contributed by atoms with Gasteiger partial charge in [-0.15, -0.1) is 0 Å². The lowest BCUT2D eigenvalue weighted by Gasteiger charge is -2.43. The Bertz CT molecular complexity index is 3070. The standard InChI is InChI=1S/C82H132N6O36/c1-50-73(116-56(7)92)76(119-59(10)95)63(44-113-53(4)89)122-79(50)110-37-16-13-24-66(99)83-31-20-34-86-69(102)28-40-107-47-82(43-62(98)23-19-27-72(105)106,48-108-41-29-70(103)87-35-21-32-84-67(100)25-14-17-38-111-80-51(2)74(117-57(8)93)77(120-60(11)96)64(123-80)45-114-54(5)90)49-109-42-30-71(104)88-36-22-33-85-68(101)26-15-18-39-112-81-52(3)75(118-58(9)94)78(121-61(12)97)65(124-81)46-115-55(6)91/h50-52,63-65,73-81H,13-49H2,1-12H3,(H,83,99)(H,84,100)(H,85,101)(H,86,102)(H,87,103)(H,88,104)(H,105,106)/t50-,51-,52-,63-,64-,65-,73-,74-,75-,76+,77+,78+,79-,80-,81-/m1/s1. The Balaban J connectivity index is 1.55. The zero-order valence-electron chi connectivity index (χ0n) is 73.6. The first-order chi connectivity index (χ1) is 58.9. The van der Waals surface area contributed by atoms with E-state index in [2.05, 4.69) is 31.9 Å². The number of nitrogens with one attached hydrogen (secondary N) is 6. The van der Waals surface area contributed by atoms with E-state index in [1.54, 1.807) is 20.8 Å². The second-order valence-electron chi connectivity index (χ2n) is 30.6. The molecule has 15 atom stereocenters. The summed E-state index contributed by atoms with van der Waals surface area (Å²) in [6, 6.07) is 0. The van der Waals surface area contributed by atoms with Gasteiger partial charge in [-0.05, 0) is 64.2 Å². The van der Waals surface area contributed by atoms with Crippen LogP contribution in [0.15, 0.2) is 0 Å². The maximum Gasteiger partial charge on any atom is 0.303 e. The van der Waals surface area contributed by atoms with Crippen molar-refractivity contribution >= 4 is 101 Å². The van der Waals surface area contributed by atoms with E-state index in [4.69, 9.17) is 85.3 Å². The van der Waals surface area contributed by atoms with Gasteiger partial charge in [-0.2, -0.15) is 0 Å². The fourth-order valence-electron chi connectivity index (χ4n) is 13.3. The summed E-state index contributed by atoms with van der Waals surface area (Å²) in [5.41, 5.74) is -1.29. The SMILES string of the molecule is CC(=O)OC[C@H]1O[C@@H](OCCCCC(=O)NCCCNC(=O)CCOCC(COCCC(=O)NCCCNC(=O)CCCCO[C@@H]2O[C@H](COC(C)=O)[C@H](OC(C)=O)[C@H](OC(C)=O)[C@H]2C)(COCCC(=O)NCCCNC(=O)CCCCO[C@@H]2O[C@H](COC(C)=O)[C@H](OC(C)=O)[C@H](OC(C)=O)[C@H]2C)CC(=O)CCCC(=O)O)[C@H](C)[C@@H](OC(C)=O)[C@H]1OC(C)=O. The van der Waals surface area contributed by atoms with Gasteiger partial charge >= 0.3 is 59.7 Å². The molecule has 3 saturated heterocycles. The van der Waals surface area contributed by atoms with Crippen molar-refractivity contribution in [3.63, 3.8) is 0 Å². The normalized spacial score (nSPS) is 22.2. The maximum atomic E-state index is 13.7. The number of ketones is 1. The highest BCUT2D eigenvalue weighted by Gasteiger charge is 2.52. The highest BCUT2D eigenvalue weighted by atomic mass is 16.7. The van der Waals surface area contributed by atoms with Crippen LogP contribution in [-0.2, 0) is 167 Å². The van der Waals surface area contributed by atoms with Crippen molar-refractivity contribution < 1.29 is 172 Å². The molecule has 0 saturated carbocycles. The third-order valence-electron chi connectivity index (χ3n) is 19.3. The number of Topliss-reactive ketones (excluding diaryl/α,β-unsaturated/α-hetero) is 1. The van der Waals surface area contributed by atoms with E-state index in [1.165, 1.54) is 62.3 Å². The first-order valence-electron chi connectivity index (χ1n) is 42.2. The first kappa shape index (κ1) is 109. The number of hydrogen-bond acceptors (Lipinski definition) is 35. The molecule has 3 aliphatic heterocycles. The molecule has 0 spiro atoms. The van der Waals surface area contributed by atoms with Crippen LogP contribution in [0.4, 0.5) is 0 Å². The number of rotatable bonds is 63. The van der Waals surface area contributed by atoms with Gasteiger partial charge < -0.3 is 122 Å². The van der Waals surface area contributed by atoms with Crippen LogP contribution in [0, 0.1) is 23.2 Å². The monoisotopic (exact) mass is 1780 g/mol. The third kappa shape index (κ3) is 47.2. The fourth-order valence-corrected chi connectivity index (χ4v) is 13.3. The number of carbonyl (C=O) groups is 17. The number of carbonyl (C=O) groups excluding carboxylic acids is 16. The van der Waals surface area contributed by atoms with Crippen LogP contribution in [0.1, 0.15) is 205 Å².